The van der Waals surface area contributed by atoms with Crippen LogP contribution in [-0.4, -0.2) is 43.8 Å². The number of anilines is 1. The second-order valence-electron chi connectivity index (χ2n) is 11.3. The van der Waals surface area contributed by atoms with Gasteiger partial charge < -0.3 is 10.2 Å². The van der Waals surface area contributed by atoms with Gasteiger partial charge in [-0.1, -0.05) is 85.3 Å². The van der Waals surface area contributed by atoms with Crippen LogP contribution in [0.25, 0.3) is 0 Å². The van der Waals surface area contributed by atoms with Crippen LogP contribution in [0.4, 0.5) is 10.1 Å². The predicted molar refractivity (Wildman–Crippen MR) is 176 cm³/mol. The zero-order valence-electron chi connectivity index (χ0n) is 26.1. The quantitative estimate of drug-likeness (QED) is 0.191. The summed E-state index contributed by atoms with van der Waals surface area (Å²) >= 11 is 0. The van der Waals surface area contributed by atoms with Gasteiger partial charge in [0, 0.05) is 24.6 Å². The lowest BCUT2D eigenvalue weighted by Crippen LogP contribution is -2.54. The molecule has 0 saturated heterocycles. The van der Waals surface area contributed by atoms with Crippen molar-refractivity contribution in [2.45, 2.75) is 64.1 Å². The topological polar surface area (TPSA) is 86.8 Å². The fraction of sp³-hybridized carbons (Fsp3) is 0.278. The third kappa shape index (κ3) is 8.57. The molecule has 45 heavy (non-hydrogen) atoms. The van der Waals surface area contributed by atoms with Gasteiger partial charge in [-0.15, -0.1) is 0 Å². The van der Waals surface area contributed by atoms with Gasteiger partial charge in [0.1, 0.15) is 18.4 Å². The van der Waals surface area contributed by atoms with Crippen LogP contribution in [0, 0.1) is 19.7 Å². The van der Waals surface area contributed by atoms with Crippen molar-refractivity contribution < 1.29 is 22.4 Å². The first-order valence-electron chi connectivity index (χ1n) is 15.0. The summed E-state index contributed by atoms with van der Waals surface area (Å²) in [4.78, 5) is 29.7. The molecule has 7 nitrogen and oxygen atoms in total. The third-order valence-electron chi connectivity index (χ3n) is 7.75. The van der Waals surface area contributed by atoms with Crippen LogP contribution >= 0.6 is 0 Å². The second-order valence-corrected chi connectivity index (χ2v) is 13.2. The zero-order chi connectivity index (χ0) is 32.6. The molecule has 0 aliphatic rings. The maximum absolute atomic E-state index is 15.0. The number of halogens is 1. The van der Waals surface area contributed by atoms with Gasteiger partial charge in [-0.25, -0.2) is 12.8 Å². The zero-order valence-corrected chi connectivity index (χ0v) is 26.9. The summed E-state index contributed by atoms with van der Waals surface area (Å²) in [6.07, 6.45) is 0.819. The highest BCUT2D eigenvalue weighted by Gasteiger charge is 2.35. The Balaban J connectivity index is 1.82. The Hall–Kier alpha value is -4.50. The minimum Gasteiger partial charge on any atom is -0.352 e. The van der Waals surface area contributed by atoms with Crippen LogP contribution in [-0.2, 0) is 32.6 Å². The normalized spacial score (nSPS) is 12.6. The Kier molecular flexibility index (Phi) is 11.1. The van der Waals surface area contributed by atoms with Crippen molar-refractivity contribution in [3.63, 3.8) is 0 Å². The van der Waals surface area contributed by atoms with Crippen molar-refractivity contribution >= 4 is 27.5 Å². The number of hydrogen-bond acceptors (Lipinski definition) is 4. The number of rotatable bonds is 13. The highest BCUT2D eigenvalue weighted by molar-refractivity contribution is 7.92. The number of nitrogens with one attached hydrogen (secondary N) is 1. The molecule has 2 atom stereocenters. The summed E-state index contributed by atoms with van der Waals surface area (Å²) in [5, 5.41) is 2.98. The minimum atomic E-state index is -4.21. The first-order valence-corrected chi connectivity index (χ1v) is 16.5. The minimum absolute atomic E-state index is 0.0263. The average Bonchev–Trinajstić information content (AvgIpc) is 3.02. The summed E-state index contributed by atoms with van der Waals surface area (Å²) in [5.41, 5.74) is 3.01. The fourth-order valence-corrected chi connectivity index (χ4v) is 6.36. The van der Waals surface area contributed by atoms with Gasteiger partial charge in [0.2, 0.25) is 11.8 Å². The molecule has 1 N–H and O–H groups in total. The van der Waals surface area contributed by atoms with E-state index >= 15 is 4.39 Å². The van der Waals surface area contributed by atoms with Crippen LogP contribution < -0.4 is 9.62 Å². The van der Waals surface area contributed by atoms with Gasteiger partial charge in [0.15, 0.2) is 0 Å². The highest BCUT2D eigenvalue weighted by Crippen LogP contribution is 2.26. The summed E-state index contributed by atoms with van der Waals surface area (Å²) in [5.74, 6) is -1.57. The number of aryl methyl sites for hydroxylation is 2. The molecular formula is C36H40FN3O4S. The molecule has 0 spiro atoms. The molecule has 0 fully saturated rings. The van der Waals surface area contributed by atoms with Crippen molar-refractivity contribution in [3.05, 3.63) is 131 Å². The van der Waals surface area contributed by atoms with E-state index in [-0.39, 0.29) is 29.5 Å². The number of benzene rings is 4. The average molecular weight is 630 g/mol. The Bertz CT molecular complexity index is 1710. The maximum atomic E-state index is 15.0. The van der Waals surface area contributed by atoms with Gasteiger partial charge in [0.05, 0.1) is 10.6 Å². The van der Waals surface area contributed by atoms with E-state index in [1.807, 2.05) is 64.1 Å². The first-order chi connectivity index (χ1) is 21.5. The lowest BCUT2D eigenvalue weighted by Gasteiger charge is -2.34. The van der Waals surface area contributed by atoms with Crippen LogP contribution in [0.5, 0.6) is 0 Å². The number of carbonyl (C=O) groups is 2. The number of nitrogens with zero attached hydrogens (tertiary/aromatic N) is 2. The monoisotopic (exact) mass is 629 g/mol. The molecule has 0 aliphatic carbocycles. The van der Waals surface area contributed by atoms with Crippen molar-refractivity contribution in [1.29, 1.82) is 0 Å². The SMILES string of the molecule is CC[C@@H](C)NC(=O)[C@H](Cc1ccccc1)N(Cc1ccccc1F)C(=O)CN(c1cccc(C)c1)S(=O)(=O)c1ccc(C)cc1. The molecule has 2 amide bonds. The lowest BCUT2D eigenvalue weighted by molar-refractivity contribution is -0.140. The number of carbonyl (C=O) groups excluding carboxylic acids is 2. The Morgan fingerprint density at radius 1 is 0.844 bits per heavy atom. The van der Waals surface area contributed by atoms with E-state index in [0.717, 1.165) is 21.0 Å². The molecule has 0 radical (unpaired) electrons. The highest BCUT2D eigenvalue weighted by atomic mass is 32.2. The van der Waals surface area contributed by atoms with Crippen LogP contribution in [0.1, 0.15) is 42.5 Å². The number of sulfonamides is 1. The number of amides is 2. The van der Waals surface area contributed by atoms with Crippen molar-refractivity contribution in [1.82, 2.24) is 10.2 Å². The van der Waals surface area contributed by atoms with Crippen molar-refractivity contribution in [2.75, 3.05) is 10.8 Å². The largest absolute Gasteiger partial charge is 0.352 e. The molecule has 0 saturated carbocycles. The molecule has 4 rings (SSSR count). The summed E-state index contributed by atoms with van der Waals surface area (Å²) in [7, 11) is -4.21. The van der Waals surface area contributed by atoms with E-state index in [2.05, 4.69) is 5.32 Å². The van der Waals surface area contributed by atoms with E-state index in [1.165, 1.54) is 23.1 Å². The summed E-state index contributed by atoms with van der Waals surface area (Å²) in [6, 6.07) is 27.4. The van der Waals surface area contributed by atoms with Gasteiger partial charge in [-0.05, 0) is 68.7 Å². The standard InChI is InChI=1S/C36H40FN3O4S/c1-5-28(4)38-36(42)34(23-29-13-7-6-8-14-29)39(24-30-15-9-10-17-33(30)37)35(41)25-40(31-16-11-12-27(3)22-31)45(43,44)32-20-18-26(2)19-21-32/h6-22,28,34H,5,23-25H2,1-4H3,(H,38,42)/t28-,34+/m1/s1. The van der Waals surface area contributed by atoms with Crippen LogP contribution in [0.3, 0.4) is 0 Å². The molecule has 0 aromatic heterocycles. The molecule has 0 aliphatic heterocycles. The van der Waals surface area contributed by atoms with E-state index in [9.17, 15) is 18.0 Å². The van der Waals surface area contributed by atoms with Gasteiger partial charge in [-0.2, -0.15) is 0 Å². The third-order valence-corrected chi connectivity index (χ3v) is 9.54. The van der Waals surface area contributed by atoms with Gasteiger partial charge in [0.25, 0.3) is 10.0 Å². The smallest absolute Gasteiger partial charge is 0.264 e. The van der Waals surface area contributed by atoms with E-state index in [4.69, 9.17) is 0 Å². The first kappa shape index (κ1) is 33.4. The predicted octanol–water partition coefficient (Wildman–Crippen LogP) is 6.19. The summed E-state index contributed by atoms with van der Waals surface area (Å²) in [6.45, 7) is 6.67. The Labute approximate surface area is 265 Å². The molecular weight excluding hydrogens is 589 g/mol. The molecule has 9 heteroatoms. The Morgan fingerprint density at radius 3 is 2.16 bits per heavy atom. The van der Waals surface area contributed by atoms with Gasteiger partial charge in [-0.3, -0.25) is 13.9 Å². The van der Waals surface area contributed by atoms with E-state index in [1.54, 1.807) is 48.5 Å². The summed E-state index contributed by atoms with van der Waals surface area (Å²) < 4.78 is 44.3. The Morgan fingerprint density at radius 2 is 1.51 bits per heavy atom. The molecule has 4 aromatic rings. The second kappa shape index (κ2) is 15.0. The molecule has 236 valence electrons. The fourth-order valence-electron chi connectivity index (χ4n) is 4.95. The van der Waals surface area contributed by atoms with Crippen molar-refractivity contribution in [2.24, 2.45) is 0 Å². The van der Waals surface area contributed by atoms with Crippen LogP contribution in [0.15, 0.2) is 108 Å². The molecule has 0 heterocycles. The van der Waals surface area contributed by atoms with Gasteiger partial charge >= 0.3 is 0 Å². The van der Waals surface area contributed by atoms with Crippen molar-refractivity contribution in [3.8, 4) is 0 Å². The molecule has 4 aromatic carbocycles. The lowest BCUT2D eigenvalue weighted by atomic mass is 10.0. The van der Waals surface area contributed by atoms with E-state index < -0.39 is 40.2 Å². The maximum Gasteiger partial charge on any atom is 0.264 e. The number of hydrogen-bond donors (Lipinski definition) is 1. The van der Waals surface area contributed by atoms with E-state index in [0.29, 0.717) is 12.1 Å². The molecule has 0 bridgehead atoms. The molecule has 0 unspecified atom stereocenters. The van der Waals surface area contributed by atoms with Crippen LogP contribution in [0.2, 0.25) is 0 Å².